The Morgan fingerprint density at radius 1 is 1.17 bits per heavy atom. The number of halogens is 3. The normalized spacial score (nSPS) is 16.7. The molecule has 1 fully saturated rings. The summed E-state index contributed by atoms with van der Waals surface area (Å²) in [7, 11) is 1.97. The molecule has 6 rings (SSSR count). The Labute approximate surface area is 248 Å². The Bertz CT molecular complexity index is 1680. The Morgan fingerprint density at radius 3 is 2.67 bits per heavy atom. The second-order valence-electron chi connectivity index (χ2n) is 10.6. The number of hydrogen-bond donors (Lipinski definition) is 4. The Hall–Kier alpha value is -4.40. The number of nitriles is 1. The molecule has 8 nitrogen and oxygen atoms in total. The van der Waals surface area contributed by atoms with Crippen molar-refractivity contribution in [3.05, 3.63) is 107 Å². The summed E-state index contributed by atoms with van der Waals surface area (Å²) in [6, 6.07) is 18.4. The van der Waals surface area contributed by atoms with Gasteiger partial charge in [-0.1, -0.05) is 48.0 Å². The quantitative estimate of drug-likeness (QED) is 0.152. The number of anilines is 2. The molecule has 2 aromatic heterocycles. The van der Waals surface area contributed by atoms with Crippen molar-refractivity contribution in [1.29, 1.82) is 5.26 Å². The monoisotopic (exact) mass is 584 g/mol. The van der Waals surface area contributed by atoms with Crippen molar-refractivity contribution in [3.63, 3.8) is 0 Å². The first-order valence-corrected chi connectivity index (χ1v) is 14.1. The van der Waals surface area contributed by atoms with Gasteiger partial charge in [0.25, 0.3) is 0 Å². The van der Waals surface area contributed by atoms with Crippen LogP contribution in [0.1, 0.15) is 42.0 Å². The lowest BCUT2D eigenvalue weighted by Crippen LogP contribution is -2.45. The number of rotatable bonds is 10. The lowest BCUT2D eigenvalue weighted by atomic mass is 9.70. The zero-order valence-corrected chi connectivity index (χ0v) is 23.6. The minimum absolute atomic E-state index is 0.213. The van der Waals surface area contributed by atoms with Crippen molar-refractivity contribution in [3.8, 4) is 6.07 Å². The van der Waals surface area contributed by atoms with E-state index in [0.717, 1.165) is 24.1 Å². The highest BCUT2D eigenvalue weighted by molar-refractivity contribution is 6.36. The first-order chi connectivity index (χ1) is 20.4. The summed E-state index contributed by atoms with van der Waals surface area (Å²) in [6.45, 7) is -0.539. The van der Waals surface area contributed by atoms with E-state index in [2.05, 4.69) is 37.6 Å². The fraction of sp³-hybridized carbons (Fsp3) is 0.233. The second kappa shape index (κ2) is 11.5. The summed E-state index contributed by atoms with van der Waals surface area (Å²) >= 11 is 6.79. The minimum atomic E-state index is -0.886. The molecule has 2 aliphatic rings. The van der Waals surface area contributed by atoms with Crippen LogP contribution in [0.3, 0.4) is 0 Å². The SMILES string of the molecule is BC(Nc1cc(Cl)c2ncc(C#N)c(N[C@H](CCF)c3ccccc3)c2c1)(C1=CN(C2CC2)NN1)c1ccc(F)nc1. The number of hydrogen-bond acceptors (Lipinski definition) is 8. The molecule has 0 bridgehead atoms. The van der Waals surface area contributed by atoms with Gasteiger partial charge < -0.3 is 16.1 Å². The highest BCUT2D eigenvalue weighted by Crippen LogP contribution is 2.39. The molecule has 1 saturated carbocycles. The van der Waals surface area contributed by atoms with Crippen LogP contribution in [0.5, 0.6) is 0 Å². The molecule has 2 aromatic carbocycles. The van der Waals surface area contributed by atoms with Gasteiger partial charge in [0.05, 0.1) is 45.6 Å². The molecule has 1 aliphatic heterocycles. The first kappa shape index (κ1) is 27.8. The van der Waals surface area contributed by atoms with Gasteiger partial charge in [0.15, 0.2) is 0 Å². The van der Waals surface area contributed by atoms with Gasteiger partial charge in [-0.05, 0) is 42.2 Å². The summed E-state index contributed by atoms with van der Waals surface area (Å²) in [6.07, 6.45) is 7.37. The van der Waals surface area contributed by atoms with Crippen LogP contribution in [-0.4, -0.2) is 35.5 Å². The van der Waals surface area contributed by atoms with Gasteiger partial charge in [-0.15, -0.1) is 5.53 Å². The molecular formula is C30H28BClF2N8. The third-order valence-electron chi connectivity index (χ3n) is 7.73. The van der Waals surface area contributed by atoms with Gasteiger partial charge >= 0.3 is 0 Å². The van der Waals surface area contributed by atoms with Crippen molar-refractivity contribution in [1.82, 2.24) is 25.9 Å². The molecule has 12 heteroatoms. The molecule has 212 valence electrons. The maximum atomic E-state index is 13.8. The number of fused-ring (bicyclic) bond motifs is 1. The fourth-order valence-corrected chi connectivity index (χ4v) is 5.52. The number of nitrogens with one attached hydrogen (secondary N) is 4. The smallest absolute Gasteiger partial charge is 0.212 e. The van der Waals surface area contributed by atoms with Gasteiger partial charge in [0.1, 0.15) is 13.9 Å². The van der Waals surface area contributed by atoms with Gasteiger partial charge in [-0.25, -0.2) is 4.98 Å². The summed E-state index contributed by atoms with van der Waals surface area (Å²) in [5, 5.41) is 20.0. The number of benzene rings is 2. The molecule has 0 radical (unpaired) electrons. The van der Waals surface area contributed by atoms with Crippen LogP contribution in [0.4, 0.5) is 20.2 Å². The van der Waals surface area contributed by atoms with E-state index < -0.39 is 18.1 Å². The highest BCUT2D eigenvalue weighted by Gasteiger charge is 2.38. The Kier molecular flexibility index (Phi) is 7.58. The highest BCUT2D eigenvalue weighted by atomic mass is 35.5. The largest absolute Gasteiger partial charge is 0.378 e. The van der Waals surface area contributed by atoms with Gasteiger partial charge in [0, 0.05) is 42.1 Å². The van der Waals surface area contributed by atoms with Crippen molar-refractivity contribution in [2.75, 3.05) is 17.3 Å². The number of hydrazine groups is 2. The molecule has 1 unspecified atom stereocenters. The third-order valence-corrected chi connectivity index (χ3v) is 8.02. The molecule has 0 amide bonds. The van der Waals surface area contributed by atoms with Crippen molar-refractivity contribution < 1.29 is 8.78 Å². The van der Waals surface area contributed by atoms with E-state index in [1.807, 2.05) is 55.5 Å². The van der Waals surface area contributed by atoms with Crippen LogP contribution in [0.25, 0.3) is 10.9 Å². The van der Waals surface area contributed by atoms with Gasteiger partial charge in [-0.3, -0.25) is 14.4 Å². The van der Waals surface area contributed by atoms with Crippen LogP contribution in [0, 0.1) is 17.3 Å². The molecular weight excluding hydrogens is 557 g/mol. The number of pyridine rings is 2. The molecule has 4 N–H and O–H groups in total. The van der Waals surface area contributed by atoms with E-state index >= 15 is 0 Å². The third kappa shape index (κ3) is 5.43. The molecule has 2 atom stereocenters. The van der Waals surface area contributed by atoms with E-state index in [1.165, 1.54) is 18.5 Å². The number of aromatic nitrogens is 2. The molecule has 42 heavy (non-hydrogen) atoms. The van der Waals surface area contributed by atoms with E-state index in [9.17, 15) is 14.0 Å². The van der Waals surface area contributed by atoms with E-state index in [0.29, 0.717) is 44.5 Å². The maximum absolute atomic E-state index is 13.8. The number of alkyl halides is 1. The van der Waals surface area contributed by atoms with Crippen LogP contribution in [0.15, 0.2) is 78.9 Å². The summed E-state index contributed by atoms with van der Waals surface area (Å²) < 4.78 is 27.5. The summed E-state index contributed by atoms with van der Waals surface area (Å²) in [5.74, 6) is -0.576. The van der Waals surface area contributed by atoms with E-state index in [-0.39, 0.29) is 12.5 Å². The van der Waals surface area contributed by atoms with Gasteiger partial charge in [0.2, 0.25) is 5.95 Å². The zero-order valence-electron chi connectivity index (χ0n) is 22.8. The molecule has 0 saturated heterocycles. The average molecular weight is 585 g/mol. The predicted molar refractivity (Wildman–Crippen MR) is 162 cm³/mol. The molecule has 1 aliphatic carbocycles. The minimum Gasteiger partial charge on any atom is -0.378 e. The standard InChI is InChI=1S/C30H28BClF2N8/c31-30(20-6-9-27(34)36-16-20,26-17-42(41-40-26)22-7-8-22)39-21-12-23-28(19(14-35)15-37-29(23)24(32)13-21)38-25(10-11-33)18-4-2-1-3-5-18/h1-6,9,12-13,15-17,22,25,39-41H,7-8,10-11,31H2,(H,37,38)/t25-,30?/m1/s1. The fourth-order valence-electron chi connectivity index (χ4n) is 5.25. The van der Waals surface area contributed by atoms with Gasteiger partial charge in [-0.2, -0.15) is 9.65 Å². The molecule has 3 heterocycles. The first-order valence-electron chi connectivity index (χ1n) is 13.7. The molecule has 4 aromatic rings. The van der Waals surface area contributed by atoms with Crippen molar-refractivity contribution in [2.24, 2.45) is 0 Å². The topological polar surface area (TPSA) is 101 Å². The average Bonchev–Trinajstić information content (AvgIpc) is 3.73. The van der Waals surface area contributed by atoms with Crippen molar-refractivity contribution in [2.45, 2.75) is 36.8 Å². The zero-order chi connectivity index (χ0) is 29.3. The van der Waals surface area contributed by atoms with Crippen molar-refractivity contribution >= 4 is 41.7 Å². The molecule has 0 spiro atoms. The van der Waals surface area contributed by atoms with Crippen LogP contribution in [0.2, 0.25) is 5.02 Å². The van der Waals surface area contributed by atoms with E-state index in [1.54, 1.807) is 12.1 Å². The van der Waals surface area contributed by atoms with Crippen LogP contribution < -0.4 is 21.6 Å². The Morgan fingerprint density at radius 2 is 1.98 bits per heavy atom. The second-order valence-corrected chi connectivity index (χ2v) is 11.0. The van der Waals surface area contributed by atoms with Crippen LogP contribution in [-0.2, 0) is 5.44 Å². The summed E-state index contributed by atoms with van der Waals surface area (Å²) in [5.41, 5.74) is 9.94. The number of nitrogens with zero attached hydrogens (tertiary/aromatic N) is 4. The summed E-state index contributed by atoms with van der Waals surface area (Å²) in [4.78, 5) is 8.37. The Balaban J connectivity index is 1.44. The van der Waals surface area contributed by atoms with Crippen LogP contribution >= 0.6 is 11.6 Å². The predicted octanol–water partition coefficient (Wildman–Crippen LogP) is 5.03. The lowest BCUT2D eigenvalue weighted by Gasteiger charge is -2.33. The lowest BCUT2D eigenvalue weighted by molar-refractivity contribution is 0.260. The van der Waals surface area contributed by atoms with E-state index in [4.69, 9.17) is 11.6 Å². The maximum Gasteiger partial charge on any atom is 0.212 e.